The quantitative estimate of drug-likeness (QED) is 0.524. The number of pyridine rings is 1. The van der Waals surface area contributed by atoms with Crippen molar-refractivity contribution in [3.05, 3.63) is 79.4 Å². The number of imidazole rings is 1. The predicted molar refractivity (Wildman–Crippen MR) is 104 cm³/mol. The van der Waals surface area contributed by atoms with E-state index in [4.69, 9.17) is 10.7 Å². The Morgan fingerprint density at radius 2 is 1.69 bits per heavy atom. The van der Waals surface area contributed by atoms with Crippen molar-refractivity contribution in [3.63, 3.8) is 0 Å². The van der Waals surface area contributed by atoms with Crippen LogP contribution in [0.4, 0.5) is 5.82 Å². The fourth-order valence-corrected chi connectivity index (χ4v) is 3.22. The van der Waals surface area contributed by atoms with E-state index < -0.39 is 0 Å². The van der Waals surface area contributed by atoms with E-state index in [1.54, 1.807) is 12.5 Å². The molecule has 5 heteroatoms. The fourth-order valence-electron chi connectivity index (χ4n) is 3.22. The van der Waals surface area contributed by atoms with Crippen molar-refractivity contribution in [3.8, 4) is 22.5 Å². The maximum Gasteiger partial charge on any atom is 0.150 e. The maximum absolute atomic E-state index is 6.06. The highest BCUT2D eigenvalue weighted by atomic mass is 15.0. The van der Waals surface area contributed by atoms with E-state index in [0.29, 0.717) is 5.82 Å². The van der Waals surface area contributed by atoms with Crippen LogP contribution in [0.1, 0.15) is 0 Å². The molecule has 0 aliphatic rings. The lowest BCUT2D eigenvalue weighted by molar-refractivity contribution is 1.12. The molecule has 0 aliphatic carbocycles. The second-order valence-corrected chi connectivity index (χ2v) is 6.13. The SMILES string of the molecule is Nc1nccn2cnc(-c3ccc4ccc(-c5ccccc5)nc4c3)c12. The molecule has 0 amide bonds. The molecule has 5 aromatic rings. The molecule has 0 spiro atoms. The molecule has 0 aliphatic heterocycles. The molecule has 0 bridgehead atoms. The summed E-state index contributed by atoms with van der Waals surface area (Å²) >= 11 is 0. The molecular weight excluding hydrogens is 322 g/mol. The Morgan fingerprint density at radius 1 is 0.846 bits per heavy atom. The van der Waals surface area contributed by atoms with Crippen LogP contribution in [-0.2, 0) is 0 Å². The molecule has 0 radical (unpaired) electrons. The van der Waals surface area contributed by atoms with Crippen molar-refractivity contribution in [1.29, 1.82) is 0 Å². The number of aromatic nitrogens is 4. The number of nitrogen functional groups attached to an aromatic ring is 1. The predicted octanol–water partition coefficient (Wildman–Crippen LogP) is 4.19. The van der Waals surface area contributed by atoms with Gasteiger partial charge in [-0.3, -0.25) is 0 Å². The average molecular weight is 337 g/mol. The van der Waals surface area contributed by atoms with E-state index in [1.165, 1.54) is 0 Å². The van der Waals surface area contributed by atoms with Crippen LogP contribution in [0, 0.1) is 0 Å². The number of anilines is 1. The third kappa shape index (κ3) is 2.29. The summed E-state index contributed by atoms with van der Waals surface area (Å²) in [6.45, 7) is 0. The van der Waals surface area contributed by atoms with E-state index >= 15 is 0 Å². The Kier molecular flexibility index (Phi) is 3.18. The molecule has 0 fully saturated rings. The van der Waals surface area contributed by atoms with Crippen molar-refractivity contribution >= 4 is 22.2 Å². The van der Waals surface area contributed by atoms with Gasteiger partial charge in [-0.15, -0.1) is 0 Å². The summed E-state index contributed by atoms with van der Waals surface area (Å²) in [5, 5.41) is 1.09. The number of rotatable bonds is 2. The van der Waals surface area contributed by atoms with Gasteiger partial charge in [0, 0.05) is 28.9 Å². The first-order valence-electron chi connectivity index (χ1n) is 8.33. The van der Waals surface area contributed by atoms with Crippen LogP contribution >= 0.6 is 0 Å². The molecule has 3 heterocycles. The molecule has 2 aromatic carbocycles. The van der Waals surface area contributed by atoms with Crippen molar-refractivity contribution in [2.24, 2.45) is 0 Å². The van der Waals surface area contributed by atoms with Gasteiger partial charge in [-0.25, -0.2) is 15.0 Å². The zero-order chi connectivity index (χ0) is 17.5. The van der Waals surface area contributed by atoms with Crippen LogP contribution in [0.2, 0.25) is 0 Å². The summed E-state index contributed by atoms with van der Waals surface area (Å²) in [5.74, 6) is 0.464. The van der Waals surface area contributed by atoms with Gasteiger partial charge in [0.2, 0.25) is 0 Å². The minimum atomic E-state index is 0.464. The Hall–Kier alpha value is -3.73. The van der Waals surface area contributed by atoms with Gasteiger partial charge in [-0.1, -0.05) is 48.5 Å². The van der Waals surface area contributed by atoms with Crippen LogP contribution in [0.25, 0.3) is 38.9 Å². The van der Waals surface area contributed by atoms with Crippen LogP contribution in [-0.4, -0.2) is 19.4 Å². The molecule has 124 valence electrons. The fraction of sp³-hybridized carbons (Fsp3) is 0. The molecule has 0 saturated carbocycles. The highest BCUT2D eigenvalue weighted by Gasteiger charge is 2.12. The Labute approximate surface area is 149 Å². The summed E-state index contributed by atoms with van der Waals surface area (Å²) in [4.78, 5) is 13.5. The van der Waals surface area contributed by atoms with Gasteiger partial charge in [0.25, 0.3) is 0 Å². The first-order valence-corrected chi connectivity index (χ1v) is 8.33. The van der Waals surface area contributed by atoms with E-state index in [1.807, 2.05) is 40.9 Å². The zero-order valence-corrected chi connectivity index (χ0v) is 13.9. The van der Waals surface area contributed by atoms with E-state index in [9.17, 15) is 0 Å². The van der Waals surface area contributed by atoms with Crippen molar-refractivity contribution in [2.45, 2.75) is 0 Å². The van der Waals surface area contributed by atoms with Crippen molar-refractivity contribution in [1.82, 2.24) is 19.4 Å². The van der Waals surface area contributed by atoms with Gasteiger partial charge in [0.1, 0.15) is 17.7 Å². The number of hydrogen-bond acceptors (Lipinski definition) is 4. The van der Waals surface area contributed by atoms with Crippen LogP contribution < -0.4 is 5.73 Å². The minimum absolute atomic E-state index is 0.464. The second kappa shape index (κ2) is 5.67. The van der Waals surface area contributed by atoms with Crippen molar-refractivity contribution < 1.29 is 0 Å². The van der Waals surface area contributed by atoms with E-state index in [0.717, 1.165) is 38.9 Å². The maximum atomic E-state index is 6.06. The minimum Gasteiger partial charge on any atom is -0.382 e. The molecule has 0 saturated heterocycles. The number of fused-ring (bicyclic) bond motifs is 2. The van der Waals surface area contributed by atoms with Crippen molar-refractivity contribution in [2.75, 3.05) is 5.73 Å². The van der Waals surface area contributed by atoms with Crippen LogP contribution in [0.5, 0.6) is 0 Å². The zero-order valence-electron chi connectivity index (χ0n) is 13.9. The summed E-state index contributed by atoms with van der Waals surface area (Å²) in [6, 6.07) is 20.5. The molecule has 5 rings (SSSR count). The van der Waals surface area contributed by atoms with E-state index in [-0.39, 0.29) is 0 Å². The average Bonchev–Trinajstić information content (AvgIpc) is 3.13. The van der Waals surface area contributed by atoms with Gasteiger partial charge in [0.05, 0.1) is 16.9 Å². The Balaban J connectivity index is 1.69. The summed E-state index contributed by atoms with van der Waals surface area (Å²) < 4.78 is 1.88. The molecule has 2 N–H and O–H groups in total. The van der Waals surface area contributed by atoms with Gasteiger partial charge >= 0.3 is 0 Å². The number of nitrogens with two attached hydrogens (primary N) is 1. The molecule has 5 nitrogen and oxygen atoms in total. The normalized spacial score (nSPS) is 11.2. The Bertz CT molecular complexity index is 1240. The van der Waals surface area contributed by atoms with Gasteiger partial charge in [0.15, 0.2) is 0 Å². The standard InChI is InChI=1S/C21H15N5/c22-21-20-19(24-13-26(20)11-10-23-21)16-7-6-15-8-9-17(25-18(15)12-16)14-4-2-1-3-5-14/h1-13H,(H2,22,23). The first-order chi connectivity index (χ1) is 12.8. The summed E-state index contributed by atoms with van der Waals surface area (Å²) in [6.07, 6.45) is 5.26. The van der Waals surface area contributed by atoms with E-state index in [2.05, 4.69) is 40.3 Å². The second-order valence-electron chi connectivity index (χ2n) is 6.13. The van der Waals surface area contributed by atoms with Crippen LogP contribution in [0.3, 0.4) is 0 Å². The smallest absolute Gasteiger partial charge is 0.150 e. The molecule has 0 unspecified atom stereocenters. The first kappa shape index (κ1) is 14.6. The number of benzene rings is 2. The number of nitrogens with zero attached hydrogens (tertiary/aromatic N) is 4. The molecule has 0 atom stereocenters. The van der Waals surface area contributed by atoms with Gasteiger partial charge in [-0.2, -0.15) is 0 Å². The molecular formula is C21H15N5. The topological polar surface area (TPSA) is 69.1 Å². The highest BCUT2D eigenvalue weighted by molar-refractivity contribution is 5.91. The number of hydrogen-bond donors (Lipinski definition) is 1. The van der Waals surface area contributed by atoms with Crippen LogP contribution in [0.15, 0.2) is 79.4 Å². The van der Waals surface area contributed by atoms with Gasteiger partial charge < -0.3 is 10.1 Å². The molecule has 26 heavy (non-hydrogen) atoms. The lowest BCUT2D eigenvalue weighted by Crippen LogP contribution is -1.95. The highest BCUT2D eigenvalue weighted by Crippen LogP contribution is 2.29. The third-order valence-electron chi connectivity index (χ3n) is 4.51. The lowest BCUT2D eigenvalue weighted by atomic mass is 10.1. The van der Waals surface area contributed by atoms with Gasteiger partial charge in [-0.05, 0) is 12.1 Å². The third-order valence-corrected chi connectivity index (χ3v) is 4.51. The monoisotopic (exact) mass is 337 g/mol. The summed E-state index contributed by atoms with van der Waals surface area (Å²) in [7, 11) is 0. The molecule has 3 aromatic heterocycles. The lowest BCUT2D eigenvalue weighted by Gasteiger charge is -2.06. The summed E-state index contributed by atoms with van der Waals surface area (Å²) in [5.41, 5.74) is 11.6. The largest absolute Gasteiger partial charge is 0.382 e. The Morgan fingerprint density at radius 3 is 2.58 bits per heavy atom.